The van der Waals surface area contributed by atoms with Crippen LogP contribution in [-0.4, -0.2) is 29.6 Å². The molecular weight excluding hydrogens is 184 g/mol. The van der Waals surface area contributed by atoms with E-state index in [2.05, 4.69) is 32.6 Å². The number of nitrogens with zero attached hydrogens (tertiary/aromatic N) is 1. The third-order valence-electron chi connectivity index (χ3n) is 3.10. The molecule has 1 aliphatic heterocycles. The van der Waals surface area contributed by atoms with Crippen LogP contribution in [0.4, 0.5) is 0 Å². The van der Waals surface area contributed by atoms with Crippen molar-refractivity contribution in [3.05, 3.63) is 0 Å². The Balaban J connectivity index is 2.50. The van der Waals surface area contributed by atoms with E-state index >= 15 is 0 Å². The van der Waals surface area contributed by atoms with Gasteiger partial charge in [-0.05, 0) is 45.6 Å². The number of hydrogen-bond donors (Lipinski definition) is 1. The third-order valence-corrected chi connectivity index (χ3v) is 3.10. The van der Waals surface area contributed by atoms with Crippen LogP contribution in [0, 0.1) is 5.92 Å². The zero-order valence-corrected chi connectivity index (χ0v) is 10.9. The van der Waals surface area contributed by atoms with Gasteiger partial charge in [-0.3, -0.25) is 4.90 Å². The molecule has 0 aliphatic carbocycles. The largest absolute Gasteiger partial charge is 0.324 e. The van der Waals surface area contributed by atoms with E-state index in [-0.39, 0.29) is 5.54 Å². The molecule has 1 rings (SSSR count). The molecule has 0 bridgehead atoms. The lowest BCUT2D eigenvalue weighted by Crippen LogP contribution is -2.51. The molecule has 0 amide bonds. The van der Waals surface area contributed by atoms with Gasteiger partial charge < -0.3 is 5.73 Å². The second-order valence-corrected chi connectivity index (χ2v) is 6.24. The monoisotopic (exact) mass is 212 g/mol. The minimum absolute atomic E-state index is 0.0490. The molecule has 0 spiro atoms. The smallest absolute Gasteiger partial charge is 0.0226 e. The van der Waals surface area contributed by atoms with E-state index in [1.54, 1.807) is 0 Å². The highest BCUT2D eigenvalue weighted by atomic mass is 15.2. The van der Waals surface area contributed by atoms with Crippen molar-refractivity contribution in [1.82, 2.24) is 4.90 Å². The van der Waals surface area contributed by atoms with E-state index in [0.717, 1.165) is 18.5 Å². The summed E-state index contributed by atoms with van der Waals surface area (Å²) in [5, 5.41) is 0. The molecule has 2 N–H and O–H groups in total. The Morgan fingerprint density at radius 1 is 1.33 bits per heavy atom. The molecule has 0 aromatic carbocycles. The quantitative estimate of drug-likeness (QED) is 0.776. The lowest BCUT2D eigenvalue weighted by Gasteiger charge is -2.40. The Bertz CT molecular complexity index is 181. The summed E-state index contributed by atoms with van der Waals surface area (Å²) in [5.74, 6) is 0.802. The average molecular weight is 212 g/mol. The molecule has 0 aromatic rings. The van der Waals surface area contributed by atoms with Crippen LogP contribution in [0.2, 0.25) is 0 Å². The van der Waals surface area contributed by atoms with E-state index in [1.807, 2.05) is 0 Å². The number of likely N-dealkylation sites (tertiary alicyclic amines) is 1. The third kappa shape index (κ3) is 4.98. The van der Waals surface area contributed by atoms with E-state index in [9.17, 15) is 0 Å². The van der Waals surface area contributed by atoms with Crippen LogP contribution in [0.25, 0.3) is 0 Å². The van der Waals surface area contributed by atoms with Gasteiger partial charge in [0.1, 0.15) is 0 Å². The maximum atomic E-state index is 6.12. The van der Waals surface area contributed by atoms with Gasteiger partial charge in [-0.2, -0.15) is 0 Å². The normalized spacial score (nSPS) is 24.8. The van der Waals surface area contributed by atoms with Crippen LogP contribution in [-0.2, 0) is 0 Å². The van der Waals surface area contributed by atoms with Gasteiger partial charge in [-0.25, -0.2) is 0 Å². The lowest BCUT2D eigenvalue weighted by molar-refractivity contribution is 0.107. The molecule has 1 atom stereocenters. The van der Waals surface area contributed by atoms with Crippen LogP contribution in [0.5, 0.6) is 0 Å². The molecule has 0 saturated carbocycles. The minimum Gasteiger partial charge on any atom is -0.324 e. The summed E-state index contributed by atoms with van der Waals surface area (Å²) in [6.45, 7) is 11.2. The van der Waals surface area contributed by atoms with Crippen molar-refractivity contribution in [3.8, 4) is 0 Å². The summed E-state index contributed by atoms with van der Waals surface area (Å²) in [4.78, 5) is 2.61. The molecule has 15 heavy (non-hydrogen) atoms. The van der Waals surface area contributed by atoms with Crippen molar-refractivity contribution >= 4 is 0 Å². The summed E-state index contributed by atoms with van der Waals surface area (Å²) in [6, 6.07) is 0.779. The SMILES string of the molecule is CC(C)CC1CCCCN1CC(C)(C)N. The standard InChI is InChI=1S/C13H28N2/c1-11(2)9-12-7-5-6-8-15(12)10-13(3,4)14/h11-12H,5-10,14H2,1-4H3. The van der Waals surface area contributed by atoms with Gasteiger partial charge in [0.05, 0.1) is 0 Å². The lowest BCUT2D eigenvalue weighted by atomic mass is 9.92. The maximum Gasteiger partial charge on any atom is 0.0226 e. The Labute approximate surface area is 95.2 Å². The van der Waals surface area contributed by atoms with Gasteiger partial charge in [-0.15, -0.1) is 0 Å². The number of hydrogen-bond acceptors (Lipinski definition) is 2. The van der Waals surface area contributed by atoms with E-state index in [4.69, 9.17) is 5.73 Å². The first-order valence-electron chi connectivity index (χ1n) is 6.41. The van der Waals surface area contributed by atoms with Gasteiger partial charge in [0.2, 0.25) is 0 Å². The Morgan fingerprint density at radius 3 is 2.53 bits per heavy atom. The summed E-state index contributed by atoms with van der Waals surface area (Å²) in [5.41, 5.74) is 6.07. The topological polar surface area (TPSA) is 29.3 Å². The van der Waals surface area contributed by atoms with Crippen LogP contribution >= 0.6 is 0 Å². The second-order valence-electron chi connectivity index (χ2n) is 6.24. The second kappa shape index (κ2) is 5.31. The first kappa shape index (κ1) is 13.0. The fourth-order valence-electron chi connectivity index (χ4n) is 2.60. The van der Waals surface area contributed by atoms with Crippen molar-refractivity contribution in [1.29, 1.82) is 0 Å². The van der Waals surface area contributed by atoms with Gasteiger partial charge in [-0.1, -0.05) is 20.3 Å². The van der Waals surface area contributed by atoms with Crippen LogP contribution in [0.3, 0.4) is 0 Å². The predicted molar refractivity (Wildman–Crippen MR) is 66.9 cm³/mol. The zero-order chi connectivity index (χ0) is 11.5. The first-order chi connectivity index (χ1) is 6.88. The van der Waals surface area contributed by atoms with Crippen molar-refractivity contribution in [2.45, 2.75) is 65.0 Å². The summed E-state index contributed by atoms with van der Waals surface area (Å²) < 4.78 is 0. The maximum absolute atomic E-state index is 6.12. The molecule has 1 aliphatic rings. The fraction of sp³-hybridized carbons (Fsp3) is 1.00. The van der Waals surface area contributed by atoms with Gasteiger partial charge in [0.25, 0.3) is 0 Å². The molecule has 1 saturated heterocycles. The summed E-state index contributed by atoms with van der Waals surface area (Å²) in [7, 11) is 0. The predicted octanol–water partition coefficient (Wildman–Crippen LogP) is 2.62. The highest BCUT2D eigenvalue weighted by molar-refractivity contribution is 4.84. The summed E-state index contributed by atoms with van der Waals surface area (Å²) in [6.07, 6.45) is 5.45. The summed E-state index contributed by atoms with van der Waals surface area (Å²) >= 11 is 0. The molecule has 1 fully saturated rings. The highest BCUT2D eigenvalue weighted by Crippen LogP contribution is 2.23. The van der Waals surface area contributed by atoms with Crippen molar-refractivity contribution in [2.75, 3.05) is 13.1 Å². The highest BCUT2D eigenvalue weighted by Gasteiger charge is 2.26. The Hall–Kier alpha value is -0.0800. The van der Waals surface area contributed by atoms with Crippen molar-refractivity contribution in [3.63, 3.8) is 0 Å². The molecular formula is C13H28N2. The van der Waals surface area contributed by atoms with Gasteiger partial charge in [0, 0.05) is 18.1 Å². The molecule has 1 heterocycles. The van der Waals surface area contributed by atoms with Crippen molar-refractivity contribution < 1.29 is 0 Å². The number of nitrogens with two attached hydrogens (primary N) is 1. The minimum atomic E-state index is -0.0490. The van der Waals surface area contributed by atoms with Crippen LogP contribution in [0.15, 0.2) is 0 Å². The van der Waals surface area contributed by atoms with Gasteiger partial charge in [0.15, 0.2) is 0 Å². The van der Waals surface area contributed by atoms with Crippen molar-refractivity contribution in [2.24, 2.45) is 11.7 Å². The molecule has 0 radical (unpaired) electrons. The molecule has 0 aromatic heterocycles. The number of piperidine rings is 1. The Kier molecular flexibility index (Phi) is 4.60. The van der Waals surface area contributed by atoms with E-state index in [1.165, 1.54) is 32.2 Å². The fourth-order valence-corrected chi connectivity index (χ4v) is 2.60. The average Bonchev–Trinajstić information content (AvgIpc) is 2.05. The molecule has 2 nitrogen and oxygen atoms in total. The Morgan fingerprint density at radius 2 is 2.00 bits per heavy atom. The molecule has 2 heteroatoms. The van der Waals surface area contributed by atoms with Crippen LogP contribution < -0.4 is 5.73 Å². The van der Waals surface area contributed by atoms with Gasteiger partial charge >= 0.3 is 0 Å². The molecule has 90 valence electrons. The number of rotatable bonds is 4. The molecule has 1 unspecified atom stereocenters. The first-order valence-corrected chi connectivity index (χ1v) is 6.41. The van der Waals surface area contributed by atoms with Crippen LogP contribution in [0.1, 0.15) is 53.4 Å². The zero-order valence-electron chi connectivity index (χ0n) is 10.9. The van der Waals surface area contributed by atoms with E-state index < -0.39 is 0 Å². The van der Waals surface area contributed by atoms with E-state index in [0.29, 0.717) is 0 Å².